The summed E-state index contributed by atoms with van der Waals surface area (Å²) in [6, 6.07) is 0. The second kappa shape index (κ2) is 3.66. The molecule has 16 aliphatic carbocycles. The van der Waals surface area contributed by atoms with Crippen LogP contribution in [-0.4, -0.2) is 0 Å². The van der Waals surface area contributed by atoms with E-state index >= 15 is 0 Å². The molecule has 16 aliphatic rings. The van der Waals surface area contributed by atoms with Gasteiger partial charge in [0.2, 0.25) is 0 Å². The molecule has 0 heterocycles. The van der Waals surface area contributed by atoms with Crippen LogP contribution in [0.3, 0.4) is 0 Å². The zero-order chi connectivity index (χ0) is 32.0. The van der Waals surface area contributed by atoms with Crippen molar-refractivity contribution >= 4 is 0 Å². The van der Waals surface area contributed by atoms with Crippen LogP contribution in [0.4, 0.5) is 0 Å². The van der Waals surface area contributed by atoms with E-state index in [1.165, 1.54) is 0 Å². The van der Waals surface area contributed by atoms with Crippen molar-refractivity contribution in [2.75, 3.05) is 0 Å². The zero-order valence-corrected chi connectivity index (χ0v) is 32.0. The van der Waals surface area contributed by atoms with E-state index in [1.54, 1.807) is 0 Å². The van der Waals surface area contributed by atoms with Crippen LogP contribution in [0.15, 0.2) is 0 Å². The lowest BCUT2D eigenvalue weighted by Crippen LogP contribution is -3.43. The van der Waals surface area contributed by atoms with Crippen molar-refractivity contribution in [1.29, 1.82) is 0 Å². The maximum atomic E-state index is 3.05. The Morgan fingerprint density at radius 2 is 0.273 bits per heavy atom. The second-order valence-electron chi connectivity index (χ2n) is 26.0. The first-order chi connectivity index (χ1) is 19.5. The topological polar surface area (TPSA) is 0 Å². The van der Waals surface area contributed by atoms with Crippen LogP contribution in [-0.2, 0) is 0 Å². The molecule has 8 spiro atoms. The Hall–Kier alpha value is 0. The minimum atomic E-state index is 0.357. The number of hydrogen-bond acceptors (Lipinski definition) is 0. The predicted molar refractivity (Wildman–Crippen MR) is 172 cm³/mol. The zero-order valence-electron chi connectivity index (χ0n) is 32.0. The Morgan fingerprint density at radius 3 is 0.477 bits per heavy atom. The maximum Gasteiger partial charge on any atom is -0.000210 e. The van der Waals surface area contributed by atoms with Crippen LogP contribution >= 0.6 is 0 Å². The average molecular weight is 589 g/mol. The average Bonchev–Trinajstić information content (AvgIpc) is 3.19. The van der Waals surface area contributed by atoms with Crippen LogP contribution in [0, 0.1) is 130 Å². The van der Waals surface area contributed by atoms with E-state index in [0.29, 0.717) is 130 Å². The highest BCUT2D eigenvalue weighted by Crippen LogP contribution is 3.57. The molecule has 0 aromatic carbocycles. The molecule has 18 atom stereocenters. The van der Waals surface area contributed by atoms with Gasteiger partial charge in [0.05, 0.1) is 0 Å². The first kappa shape index (κ1) is 24.2. The molecule has 16 fully saturated rings. The second-order valence-corrected chi connectivity index (χ2v) is 26.0. The summed E-state index contributed by atoms with van der Waals surface area (Å²) in [4.78, 5) is 0. The third kappa shape index (κ3) is 0.604. The molecule has 0 aliphatic heterocycles. The molecule has 18 unspecified atom stereocenters. The maximum absolute atomic E-state index is 3.05. The molecule has 236 valence electrons. The minimum Gasteiger partial charge on any atom is -0.0588 e. The van der Waals surface area contributed by atoms with Gasteiger partial charge in [0.25, 0.3) is 0 Å². The van der Waals surface area contributed by atoms with E-state index in [2.05, 4.69) is 138 Å². The van der Waals surface area contributed by atoms with Gasteiger partial charge in [0, 0.05) is 0 Å². The summed E-state index contributed by atoms with van der Waals surface area (Å²) in [6.45, 7) is 58.8. The Bertz CT molecular complexity index is 1900. The van der Waals surface area contributed by atoms with E-state index in [0.717, 1.165) is 0 Å². The quantitative estimate of drug-likeness (QED) is 0.264. The summed E-state index contributed by atoms with van der Waals surface area (Å²) in [5, 5.41) is 0. The Morgan fingerprint density at radius 1 is 0.136 bits per heavy atom. The fourth-order valence-corrected chi connectivity index (χ4v) is 35.0. The number of hydrogen-bond donors (Lipinski definition) is 0. The molecule has 0 aromatic heterocycles. The Balaban J connectivity index is 1.28. The highest BCUT2D eigenvalue weighted by atomic mass is 15.6. The molecule has 16 rings (SSSR count). The van der Waals surface area contributed by atoms with Gasteiger partial charge >= 0.3 is 0 Å². The van der Waals surface area contributed by atoms with E-state index in [4.69, 9.17) is 0 Å². The molecule has 0 radical (unpaired) electrons. The van der Waals surface area contributed by atoms with Gasteiger partial charge in [-0.05, 0) is 130 Å². The molecule has 16 saturated carbocycles. The summed E-state index contributed by atoms with van der Waals surface area (Å²) in [5.74, 6) is 0. The molecule has 0 N–H and O–H groups in total. The van der Waals surface area contributed by atoms with Gasteiger partial charge in [-0.2, -0.15) is 0 Å². The monoisotopic (exact) mass is 588 g/mol. The van der Waals surface area contributed by atoms with E-state index in [9.17, 15) is 0 Å². The van der Waals surface area contributed by atoms with Gasteiger partial charge in [0.1, 0.15) is 0 Å². The molecule has 44 heavy (non-hydrogen) atoms. The van der Waals surface area contributed by atoms with Crippen LogP contribution in [0.5, 0.6) is 0 Å². The molecule has 0 amide bonds. The SMILES string of the molecule is CC1(C)C2(C)C3(C)C4(C)C(C)(C)C5(C)C6(C)C7(C)C(C)(C)C8(C)C9(C)C%10(C)C(C)(C)C%11(C)C%12(C)C1(C)C21C53C23C46C78C92C%11%10C%1213. The van der Waals surface area contributed by atoms with Crippen LogP contribution in [0.1, 0.15) is 138 Å². The molecular formula is C44H60. The summed E-state index contributed by atoms with van der Waals surface area (Å²) in [7, 11) is 0. The molecule has 4 bridgehead atoms. The van der Waals surface area contributed by atoms with Gasteiger partial charge < -0.3 is 0 Å². The lowest BCUT2D eigenvalue weighted by Gasteiger charge is -3.45. The van der Waals surface area contributed by atoms with Crippen molar-refractivity contribution in [2.24, 2.45) is 130 Å². The van der Waals surface area contributed by atoms with Crippen LogP contribution in [0.2, 0.25) is 0 Å². The van der Waals surface area contributed by atoms with Crippen molar-refractivity contribution in [3.8, 4) is 0 Å². The number of fused-ring (bicyclic) bond motifs is 4. The molecule has 0 nitrogen and oxygen atoms in total. The Labute approximate surface area is 267 Å². The normalized spacial score (nSPS) is 97.4. The van der Waals surface area contributed by atoms with E-state index < -0.39 is 0 Å². The number of rotatable bonds is 0. The van der Waals surface area contributed by atoms with E-state index in [1.807, 2.05) is 0 Å². The van der Waals surface area contributed by atoms with Gasteiger partial charge in [-0.25, -0.2) is 0 Å². The molecular weight excluding hydrogens is 528 g/mol. The van der Waals surface area contributed by atoms with Crippen LogP contribution in [0.25, 0.3) is 0 Å². The predicted octanol–water partition coefficient (Wildman–Crippen LogP) is 10.3. The van der Waals surface area contributed by atoms with Gasteiger partial charge in [0.15, 0.2) is 0 Å². The summed E-state index contributed by atoms with van der Waals surface area (Å²) >= 11 is 0. The third-order valence-electron chi connectivity index (χ3n) is 32.6. The van der Waals surface area contributed by atoms with Gasteiger partial charge in [-0.3, -0.25) is 0 Å². The summed E-state index contributed by atoms with van der Waals surface area (Å²) < 4.78 is 0. The van der Waals surface area contributed by atoms with Gasteiger partial charge in [-0.1, -0.05) is 138 Å². The molecule has 0 heteroatoms. The fraction of sp³-hybridized carbons (Fsp3) is 1.00. The lowest BCUT2D eigenvalue weighted by molar-refractivity contribution is -1.00. The standard InChI is InChI=1S/C44H60/c1-21(2)25(9)33(17)27(11)23(5,6)28(12)34(18)26(10)22(3,4)30(14)36(20)32(16)24(7,8)31(15)35(19)29(21,13)37(25)40(28,33)44-41(27,34)38(26,30)43(36,44)39(31,32)42(35,37)44/h1-20H3. The van der Waals surface area contributed by atoms with Crippen molar-refractivity contribution in [2.45, 2.75) is 138 Å². The fourth-order valence-electron chi connectivity index (χ4n) is 35.0. The first-order valence-corrected chi connectivity index (χ1v) is 19.5. The smallest absolute Gasteiger partial charge is 0.000210 e. The first-order valence-electron chi connectivity index (χ1n) is 19.5. The van der Waals surface area contributed by atoms with Crippen molar-refractivity contribution in [3.05, 3.63) is 0 Å². The lowest BCUT2D eigenvalue weighted by atomic mass is 8.57. The van der Waals surface area contributed by atoms with Crippen LogP contribution < -0.4 is 0 Å². The largest absolute Gasteiger partial charge is 0.0588 e. The van der Waals surface area contributed by atoms with Crippen molar-refractivity contribution in [3.63, 3.8) is 0 Å². The van der Waals surface area contributed by atoms with E-state index in [-0.39, 0.29) is 0 Å². The van der Waals surface area contributed by atoms with Crippen molar-refractivity contribution in [1.82, 2.24) is 0 Å². The third-order valence-corrected chi connectivity index (χ3v) is 32.6. The Kier molecular flexibility index (Phi) is 2.01. The summed E-state index contributed by atoms with van der Waals surface area (Å²) in [6.07, 6.45) is 0. The molecule has 0 aromatic rings. The summed E-state index contributed by atoms with van der Waals surface area (Å²) in [5.41, 5.74) is 11.2. The van der Waals surface area contributed by atoms with Crippen molar-refractivity contribution < 1.29 is 0 Å². The highest BCUT2D eigenvalue weighted by molar-refractivity contribution is 6.00. The minimum absolute atomic E-state index is 0.357. The van der Waals surface area contributed by atoms with Gasteiger partial charge in [-0.15, -0.1) is 0 Å². The highest BCUT2D eigenvalue weighted by Gasteiger charge is 3.56. The molecule has 0 saturated heterocycles.